The lowest BCUT2D eigenvalue weighted by Gasteiger charge is -2.12. The van der Waals surface area contributed by atoms with Gasteiger partial charge in [0.25, 0.3) is 16.8 Å². The monoisotopic (exact) mass is 390 g/mol. The maximum Gasteiger partial charge on any atom is 0.293 e. The number of phenols is 1. The van der Waals surface area contributed by atoms with Gasteiger partial charge in [-0.1, -0.05) is 23.7 Å². The molecule has 0 atom stereocenters. The van der Waals surface area contributed by atoms with Gasteiger partial charge < -0.3 is 5.11 Å². The van der Waals surface area contributed by atoms with Gasteiger partial charge >= 0.3 is 0 Å². The number of amides is 2. The van der Waals surface area contributed by atoms with Crippen LogP contribution >= 0.6 is 23.4 Å². The maximum atomic E-state index is 12.5. The van der Waals surface area contributed by atoms with Crippen LogP contribution in [0.3, 0.4) is 0 Å². The molecule has 0 aliphatic carbocycles. The van der Waals surface area contributed by atoms with Crippen LogP contribution in [-0.4, -0.2) is 26.1 Å². The van der Waals surface area contributed by atoms with Crippen LogP contribution < -0.4 is 0 Å². The minimum atomic E-state index is -0.622. The molecule has 1 fully saturated rings. The summed E-state index contributed by atoms with van der Waals surface area (Å²) in [6.07, 6.45) is 1.24. The summed E-state index contributed by atoms with van der Waals surface area (Å²) in [5.41, 5.74) is 0.501. The fraction of sp³-hybridized carbons (Fsp3) is 0.0588. The van der Waals surface area contributed by atoms with Gasteiger partial charge in [0.05, 0.1) is 21.9 Å². The molecule has 1 aliphatic heterocycles. The molecule has 3 rings (SSSR count). The highest BCUT2D eigenvalue weighted by Gasteiger charge is 2.35. The van der Waals surface area contributed by atoms with E-state index in [1.165, 1.54) is 18.2 Å². The van der Waals surface area contributed by atoms with Crippen molar-refractivity contribution in [2.24, 2.45) is 0 Å². The van der Waals surface area contributed by atoms with Crippen LogP contribution in [0.1, 0.15) is 11.1 Å². The molecule has 9 heteroatoms. The molecular weight excluding hydrogens is 380 g/mol. The Morgan fingerprint density at radius 1 is 1.19 bits per heavy atom. The molecule has 1 N–H and O–H groups in total. The minimum absolute atomic E-state index is 0.0481. The lowest BCUT2D eigenvalue weighted by Crippen LogP contribution is -2.27. The first-order chi connectivity index (χ1) is 12.3. The summed E-state index contributed by atoms with van der Waals surface area (Å²) in [5, 5.41) is 20.7. The highest BCUT2D eigenvalue weighted by molar-refractivity contribution is 8.18. The molecule has 0 aromatic heterocycles. The van der Waals surface area contributed by atoms with Crippen molar-refractivity contribution in [1.29, 1.82) is 0 Å². The van der Waals surface area contributed by atoms with Crippen molar-refractivity contribution < 1.29 is 19.6 Å². The van der Waals surface area contributed by atoms with E-state index in [4.69, 9.17) is 11.6 Å². The van der Waals surface area contributed by atoms with Crippen LogP contribution in [0.25, 0.3) is 6.08 Å². The number of rotatable bonds is 4. The van der Waals surface area contributed by atoms with Crippen molar-refractivity contribution in [2.45, 2.75) is 6.54 Å². The van der Waals surface area contributed by atoms with Crippen LogP contribution in [-0.2, 0) is 11.3 Å². The molecule has 7 nitrogen and oxygen atoms in total. The normalized spacial score (nSPS) is 15.7. The number of imide groups is 1. The number of aromatic hydroxyl groups is 1. The Morgan fingerprint density at radius 2 is 1.88 bits per heavy atom. The molecule has 0 radical (unpaired) electrons. The van der Waals surface area contributed by atoms with Gasteiger partial charge in [0.15, 0.2) is 0 Å². The third kappa shape index (κ3) is 3.71. The summed E-state index contributed by atoms with van der Waals surface area (Å²) in [5.74, 6) is -0.727. The van der Waals surface area contributed by atoms with Crippen molar-refractivity contribution in [3.63, 3.8) is 0 Å². The van der Waals surface area contributed by atoms with Crippen LogP contribution in [0.5, 0.6) is 5.75 Å². The second-order valence-corrected chi connectivity index (χ2v) is 6.82. The van der Waals surface area contributed by atoms with E-state index in [-0.39, 0.29) is 28.5 Å². The first-order valence-corrected chi connectivity index (χ1v) is 8.52. The zero-order valence-electron chi connectivity index (χ0n) is 13.1. The molecule has 2 aromatic carbocycles. The number of halogens is 1. The molecule has 0 unspecified atom stereocenters. The van der Waals surface area contributed by atoms with Gasteiger partial charge in [0.2, 0.25) is 0 Å². The molecule has 0 bridgehead atoms. The van der Waals surface area contributed by atoms with Crippen molar-refractivity contribution in [1.82, 2.24) is 4.90 Å². The van der Waals surface area contributed by atoms with E-state index in [1.54, 1.807) is 24.3 Å². The van der Waals surface area contributed by atoms with Crippen molar-refractivity contribution in [3.8, 4) is 5.75 Å². The van der Waals surface area contributed by atoms with E-state index < -0.39 is 16.1 Å². The fourth-order valence-electron chi connectivity index (χ4n) is 2.37. The van der Waals surface area contributed by atoms with Gasteiger partial charge in [-0.25, -0.2) is 0 Å². The highest BCUT2D eigenvalue weighted by atomic mass is 35.5. The Hall–Kier alpha value is -2.84. The number of hydrogen-bond donors (Lipinski definition) is 1. The first kappa shape index (κ1) is 18.0. The minimum Gasteiger partial charge on any atom is -0.508 e. The Kier molecular flexibility index (Phi) is 4.97. The number of nitro benzene ring substituents is 1. The number of phenolic OH excluding ortho intramolecular Hbond substituents is 1. The average molecular weight is 391 g/mol. The number of carbonyl (C=O) groups is 2. The molecule has 2 aromatic rings. The third-order valence-corrected chi connectivity index (χ3v) is 4.78. The Labute approximate surface area is 157 Å². The third-order valence-electron chi connectivity index (χ3n) is 3.62. The number of thioether (sulfide) groups is 1. The van der Waals surface area contributed by atoms with Gasteiger partial charge in [-0.3, -0.25) is 24.6 Å². The number of hydrogen-bond acceptors (Lipinski definition) is 6. The molecule has 1 saturated heterocycles. The van der Waals surface area contributed by atoms with Crippen LogP contribution in [0.15, 0.2) is 47.4 Å². The second-order valence-electron chi connectivity index (χ2n) is 5.39. The van der Waals surface area contributed by atoms with Gasteiger partial charge in [0, 0.05) is 11.1 Å². The summed E-state index contributed by atoms with van der Waals surface area (Å²) in [6, 6.07) is 10.2. The van der Waals surface area contributed by atoms with E-state index in [1.807, 2.05) is 0 Å². The quantitative estimate of drug-likeness (QED) is 0.477. The van der Waals surface area contributed by atoms with Crippen molar-refractivity contribution in [3.05, 3.63) is 73.6 Å². The summed E-state index contributed by atoms with van der Waals surface area (Å²) in [6.45, 7) is 0.0707. The van der Waals surface area contributed by atoms with Gasteiger partial charge in [0.1, 0.15) is 5.75 Å². The van der Waals surface area contributed by atoms with Crippen molar-refractivity contribution in [2.75, 3.05) is 0 Å². The number of carbonyl (C=O) groups excluding carboxylic acids is 2. The SMILES string of the molecule is O=C1S/C(=C/c2cc(O)ccc2[N+](=O)[O-])C(=O)N1Cc1ccc(Cl)cc1. The van der Waals surface area contributed by atoms with Gasteiger partial charge in [-0.15, -0.1) is 0 Å². The lowest BCUT2D eigenvalue weighted by molar-refractivity contribution is -0.385. The average Bonchev–Trinajstić information content (AvgIpc) is 2.84. The van der Waals surface area contributed by atoms with Crippen LogP contribution in [0.2, 0.25) is 5.02 Å². The first-order valence-electron chi connectivity index (χ1n) is 7.32. The summed E-state index contributed by atoms with van der Waals surface area (Å²) in [7, 11) is 0. The van der Waals surface area contributed by atoms with Gasteiger partial charge in [-0.05, 0) is 47.7 Å². The van der Waals surface area contributed by atoms with Gasteiger partial charge in [-0.2, -0.15) is 0 Å². The Morgan fingerprint density at radius 3 is 2.54 bits per heavy atom. The zero-order valence-corrected chi connectivity index (χ0v) is 14.7. The van der Waals surface area contributed by atoms with E-state index in [9.17, 15) is 24.8 Å². The van der Waals surface area contributed by atoms with E-state index in [2.05, 4.69) is 0 Å². The fourth-order valence-corrected chi connectivity index (χ4v) is 3.33. The molecule has 26 heavy (non-hydrogen) atoms. The number of nitro groups is 1. The van der Waals surface area contributed by atoms with Crippen LogP contribution in [0, 0.1) is 10.1 Å². The standard InChI is InChI=1S/C17H11ClN2O5S/c18-12-3-1-10(2-4-12)9-19-16(22)15(26-17(19)23)8-11-7-13(21)5-6-14(11)20(24)25/h1-8,21H,9H2/b15-8+. The molecule has 132 valence electrons. The number of benzene rings is 2. The predicted molar refractivity (Wildman–Crippen MR) is 97.7 cm³/mol. The molecule has 1 heterocycles. The molecule has 1 aliphatic rings. The molecule has 0 saturated carbocycles. The highest BCUT2D eigenvalue weighted by Crippen LogP contribution is 2.35. The summed E-state index contributed by atoms with van der Waals surface area (Å²) >= 11 is 6.51. The van der Waals surface area contributed by atoms with Crippen molar-refractivity contribution >= 4 is 46.3 Å². The Balaban J connectivity index is 1.89. The predicted octanol–water partition coefficient (Wildman–Crippen LogP) is 4.19. The van der Waals surface area contributed by atoms with Crippen LogP contribution in [0.4, 0.5) is 10.5 Å². The van der Waals surface area contributed by atoms with E-state index in [0.717, 1.165) is 16.5 Å². The lowest BCUT2D eigenvalue weighted by atomic mass is 10.1. The van der Waals surface area contributed by atoms with E-state index >= 15 is 0 Å². The topological polar surface area (TPSA) is 101 Å². The summed E-state index contributed by atoms with van der Waals surface area (Å²) < 4.78 is 0. The molecular formula is C17H11ClN2O5S. The zero-order chi connectivity index (χ0) is 18.8. The maximum absolute atomic E-state index is 12.5. The van der Waals surface area contributed by atoms with E-state index in [0.29, 0.717) is 16.8 Å². The number of nitrogens with zero attached hydrogens (tertiary/aromatic N) is 2. The smallest absolute Gasteiger partial charge is 0.293 e. The largest absolute Gasteiger partial charge is 0.508 e. The molecule has 0 spiro atoms. The summed E-state index contributed by atoms with van der Waals surface area (Å²) in [4.78, 5) is 36.3. The second kappa shape index (κ2) is 7.19. The Bertz CT molecular complexity index is 943. The molecule has 2 amide bonds.